The zero-order chi connectivity index (χ0) is 30.1. The van der Waals surface area contributed by atoms with Gasteiger partial charge >= 0.3 is 0 Å². The number of non-ortho nitro benzene ring substituents is 1. The fraction of sp³-hybridized carbons (Fsp3) is 0.486. The van der Waals surface area contributed by atoms with E-state index in [1.54, 1.807) is 25.3 Å². The van der Waals surface area contributed by atoms with Crippen LogP contribution in [0.1, 0.15) is 68.6 Å². The first-order valence-electron chi connectivity index (χ1n) is 15.4. The normalized spacial score (nSPS) is 31.9. The number of ether oxygens (including phenoxy) is 2. The topological polar surface area (TPSA) is 114 Å². The van der Waals surface area contributed by atoms with Crippen LogP contribution in [0.2, 0.25) is 0 Å². The van der Waals surface area contributed by atoms with Crippen molar-refractivity contribution in [1.82, 2.24) is 0 Å². The Balaban J connectivity index is 0.000000157. The molecule has 7 atom stereocenters. The van der Waals surface area contributed by atoms with Crippen LogP contribution in [0.5, 0.6) is 11.5 Å². The van der Waals surface area contributed by atoms with E-state index in [0.717, 1.165) is 48.9 Å². The number of aliphatic hydroxyl groups is 1. The Labute approximate surface area is 253 Å². The molecular formula is C35H42N2O6. The van der Waals surface area contributed by atoms with Gasteiger partial charge in [-0.3, -0.25) is 10.1 Å². The number of nitrogens with one attached hydrogen (secondary N) is 1. The Morgan fingerprint density at radius 1 is 1.16 bits per heavy atom. The van der Waals surface area contributed by atoms with Crippen LogP contribution in [0.25, 0.3) is 0 Å². The average molecular weight is 587 g/mol. The van der Waals surface area contributed by atoms with E-state index in [1.165, 1.54) is 18.1 Å². The van der Waals surface area contributed by atoms with Crippen LogP contribution in [0.3, 0.4) is 0 Å². The number of aromatic hydroxyl groups is 1. The van der Waals surface area contributed by atoms with Crippen molar-refractivity contribution in [3.63, 3.8) is 0 Å². The second-order valence-corrected chi connectivity index (χ2v) is 12.9. The molecule has 5 aliphatic rings. The van der Waals surface area contributed by atoms with Gasteiger partial charge in [-0.1, -0.05) is 48.1 Å². The van der Waals surface area contributed by atoms with Crippen LogP contribution < -0.4 is 10.1 Å². The van der Waals surface area contributed by atoms with Gasteiger partial charge in [0.05, 0.1) is 43.1 Å². The van der Waals surface area contributed by atoms with E-state index in [1.807, 2.05) is 12.1 Å². The molecule has 2 bridgehead atoms. The number of methoxy groups -OCH3 is 1. The number of phenols is 1. The number of fused-ring (bicyclic) bond motifs is 5. The number of phenolic OH excluding ortho intramolecular Hbond substituents is 1. The molecule has 2 aliphatic heterocycles. The smallest absolute Gasteiger partial charge is 0.273 e. The Morgan fingerprint density at radius 3 is 2.67 bits per heavy atom. The lowest BCUT2D eigenvalue weighted by atomic mass is 9.67. The van der Waals surface area contributed by atoms with Gasteiger partial charge in [-0.2, -0.15) is 0 Å². The molecule has 228 valence electrons. The van der Waals surface area contributed by atoms with Crippen LogP contribution in [0.4, 0.5) is 11.4 Å². The third kappa shape index (κ3) is 5.70. The summed E-state index contributed by atoms with van der Waals surface area (Å²) in [5.74, 6) is 2.51. The first-order chi connectivity index (χ1) is 20.8. The molecule has 2 aromatic rings. The Hall–Kier alpha value is -3.62. The van der Waals surface area contributed by atoms with Crippen molar-refractivity contribution in [2.24, 2.45) is 23.2 Å². The van der Waals surface area contributed by atoms with Gasteiger partial charge in [-0.15, -0.1) is 0 Å². The Morgan fingerprint density at radius 2 is 1.98 bits per heavy atom. The van der Waals surface area contributed by atoms with Crippen molar-refractivity contribution in [2.75, 3.05) is 25.6 Å². The molecule has 0 saturated carbocycles. The molecule has 1 saturated heterocycles. The minimum absolute atomic E-state index is 0.0387. The summed E-state index contributed by atoms with van der Waals surface area (Å²) in [5.41, 5.74) is 4.41. The van der Waals surface area contributed by atoms with E-state index in [-0.39, 0.29) is 40.4 Å². The maximum absolute atomic E-state index is 11.3. The van der Waals surface area contributed by atoms with E-state index in [4.69, 9.17) is 9.47 Å². The molecule has 0 aromatic heterocycles. The molecule has 0 radical (unpaired) electrons. The third-order valence-corrected chi connectivity index (χ3v) is 10.3. The van der Waals surface area contributed by atoms with Crippen molar-refractivity contribution in [3.8, 4) is 11.5 Å². The summed E-state index contributed by atoms with van der Waals surface area (Å²) in [6, 6.07) is 10.9. The largest absolute Gasteiger partial charge is 0.508 e. The Bertz CT molecular complexity index is 1430. The molecule has 2 aromatic carbocycles. The molecule has 1 fully saturated rings. The number of nitro groups is 1. The summed E-state index contributed by atoms with van der Waals surface area (Å²) in [4.78, 5) is 10.9. The van der Waals surface area contributed by atoms with Gasteiger partial charge in [-0.05, 0) is 80.5 Å². The summed E-state index contributed by atoms with van der Waals surface area (Å²) < 4.78 is 11.5. The lowest BCUT2D eigenvalue weighted by Crippen LogP contribution is -2.43. The number of nitrogens with zero attached hydrogens (tertiary/aromatic N) is 1. The molecule has 43 heavy (non-hydrogen) atoms. The summed E-state index contributed by atoms with van der Waals surface area (Å²) in [7, 11) is 1.58. The second kappa shape index (κ2) is 12.2. The minimum atomic E-state index is -0.339. The highest BCUT2D eigenvalue weighted by Crippen LogP contribution is 2.52. The van der Waals surface area contributed by atoms with Gasteiger partial charge in [0, 0.05) is 29.4 Å². The van der Waals surface area contributed by atoms with Crippen molar-refractivity contribution < 1.29 is 24.6 Å². The number of rotatable bonds is 5. The van der Waals surface area contributed by atoms with Gasteiger partial charge < -0.3 is 25.0 Å². The first kappa shape index (κ1) is 29.5. The van der Waals surface area contributed by atoms with Crippen molar-refractivity contribution >= 4 is 11.4 Å². The third-order valence-electron chi connectivity index (χ3n) is 10.3. The van der Waals surface area contributed by atoms with Crippen LogP contribution >= 0.6 is 0 Å². The van der Waals surface area contributed by atoms with Crippen LogP contribution in [0, 0.1) is 33.3 Å². The average Bonchev–Trinajstić information content (AvgIpc) is 3.54. The number of nitro benzene ring substituents is 1. The SMILES string of the molecule is CC1=CCC2(CO)COC(c3ccc(O)cc3)C1C2.COc1cc([N+](=O)[O-])cc2c1NC(C1CC=CCC1)C1CC=CC21. The number of hydrogen-bond acceptors (Lipinski definition) is 7. The van der Waals surface area contributed by atoms with Gasteiger partial charge in [0.15, 0.2) is 0 Å². The number of allylic oxidation sites excluding steroid dienone is 5. The van der Waals surface area contributed by atoms with Gasteiger partial charge in [-0.25, -0.2) is 0 Å². The molecule has 3 aliphatic carbocycles. The maximum Gasteiger partial charge on any atom is 0.273 e. The predicted octanol–water partition coefficient (Wildman–Crippen LogP) is 7.21. The van der Waals surface area contributed by atoms with E-state index < -0.39 is 0 Å². The molecule has 2 heterocycles. The zero-order valence-electron chi connectivity index (χ0n) is 24.9. The van der Waals surface area contributed by atoms with E-state index in [9.17, 15) is 20.3 Å². The van der Waals surface area contributed by atoms with Crippen molar-refractivity contribution in [1.29, 1.82) is 0 Å². The summed E-state index contributed by atoms with van der Waals surface area (Å²) in [5, 5.41) is 34.0. The van der Waals surface area contributed by atoms with Crippen LogP contribution in [-0.4, -0.2) is 41.5 Å². The molecule has 7 rings (SSSR count). The molecule has 0 spiro atoms. The lowest BCUT2D eigenvalue weighted by Gasteiger charge is -2.47. The number of anilines is 1. The molecule has 0 amide bonds. The minimum Gasteiger partial charge on any atom is -0.508 e. The lowest BCUT2D eigenvalue weighted by molar-refractivity contribution is -0.385. The fourth-order valence-electron chi connectivity index (χ4n) is 7.82. The highest BCUT2D eigenvalue weighted by Gasteiger charge is 2.45. The number of hydrogen-bond donors (Lipinski definition) is 3. The summed E-state index contributed by atoms with van der Waals surface area (Å²) in [6.07, 6.45) is 17.7. The highest BCUT2D eigenvalue weighted by molar-refractivity contribution is 5.70. The van der Waals surface area contributed by atoms with E-state index in [0.29, 0.717) is 36.2 Å². The van der Waals surface area contributed by atoms with Gasteiger partial charge in [0.2, 0.25) is 0 Å². The summed E-state index contributed by atoms with van der Waals surface area (Å²) in [6.45, 7) is 2.94. The molecule has 8 heteroatoms. The highest BCUT2D eigenvalue weighted by atomic mass is 16.6. The zero-order valence-corrected chi connectivity index (χ0v) is 24.9. The fourth-order valence-corrected chi connectivity index (χ4v) is 7.82. The Kier molecular flexibility index (Phi) is 8.34. The van der Waals surface area contributed by atoms with Crippen molar-refractivity contribution in [2.45, 2.75) is 63.5 Å². The monoisotopic (exact) mass is 586 g/mol. The molecule has 7 unspecified atom stereocenters. The van der Waals surface area contributed by atoms with E-state index >= 15 is 0 Å². The first-order valence-corrected chi connectivity index (χ1v) is 15.4. The second-order valence-electron chi connectivity index (χ2n) is 12.9. The standard InChI is InChI=1S/C19H22N2O3.C16H20O3/c1-24-17-11-13(21(22)23)10-16-14-8-5-9-15(14)18(20-19(16)17)12-6-3-2-4-7-12;1-11-6-7-16(9-17)8-14(11)15(19-10-16)12-2-4-13(18)5-3-12/h2-3,5,8,10-12,14-15,18,20H,4,6-7,9H2,1H3;2-6,14-15,17-18H,7-10H2,1H3. The quantitative estimate of drug-likeness (QED) is 0.193. The summed E-state index contributed by atoms with van der Waals surface area (Å²) >= 11 is 0. The number of aliphatic hydroxyl groups excluding tert-OH is 1. The van der Waals surface area contributed by atoms with Crippen molar-refractivity contribution in [3.05, 3.63) is 93.6 Å². The molecule has 3 N–H and O–H groups in total. The van der Waals surface area contributed by atoms with E-state index in [2.05, 4.69) is 42.6 Å². The number of benzene rings is 2. The molecule has 8 nitrogen and oxygen atoms in total. The van der Waals surface area contributed by atoms with Gasteiger partial charge in [0.1, 0.15) is 11.5 Å². The molecular weight excluding hydrogens is 544 g/mol. The van der Waals surface area contributed by atoms with Gasteiger partial charge in [0.25, 0.3) is 5.69 Å². The van der Waals surface area contributed by atoms with Crippen LogP contribution in [0.15, 0.2) is 72.4 Å². The van der Waals surface area contributed by atoms with Crippen LogP contribution in [-0.2, 0) is 4.74 Å². The maximum atomic E-state index is 11.3. The predicted molar refractivity (Wildman–Crippen MR) is 166 cm³/mol.